The van der Waals surface area contributed by atoms with Gasteiger partial charge in [0.25, 0.3) is 4.92 Å². The van der Waals surface area contributed by atoms with Crippen molar-refractivity contribution in [2.24, 2.45) is 0 Å². The van der Waals surface area contributed by atoms with Gasteiger partial charge >= 0.3 is 5.69 Å². The summed E-state index contributed by atoms with van der Waals surface area (Å²) in [6, 6.07) is 7.91. The number of sulfonamides is 1. The van der Waals surface area contributed by atoms with Crippen molar-refractivity contribution in [2.45, 2.75) is 37.1 Å². The normalized spacial score (nSPS) is 14.4. The largest absolute Gasteiger partial charge is 0.316 e. The number of hydrogen-bond acceptors (Lipinski definition) is 4. The molecule has 1 aliphatic rings. The molecular weight excluding hydrogens is 485 g/mol. The third kappa shape index (κ3) is 6.31. The lowest BCUT2D eigenvalue weighted by atomic mass is 9.99. The van der Waals surface area contributed by atoms with Crippen molar-refractivity contribution >= 4 is 50.5 Å². The molecule has 0 aliphatic carbocycles. The van der Waals surface area contributed by atoms with Crippen molar-refractivity contribution in [1.82, 2.24) is 9.62 Å². The Morgan fingerprint density at radius 2 is 1.74 bits per heavy atom. The van der Waals surface area contributed by atoms with Crippen LogP contribution in [0.5, 0.6) is 0 Å². The smallest absolute Gasteiger partial charge is 0.299 e. The zero-order valence-corrected chi connectivity index (χ0v) is 19.7. The van der Waals surface area contributed by atoms with Crippen LogP contribution in [0.4, 0.5) is 5.69 Å². The maximum absolute atomic E-state index is 12.5. The lowest BCUT2D eigenvalue weighted by Gasteiger charge is -2.28. The Kier molecular flexibility index (Phi) is 8.18. The molecule has 0 unspecified atom stereocenters. The zero-order valence-electron chi connectivity index (χ0n) is 16.7. The minimum absolute atomic E-state index is 0.0140. The molecule has 0 fully saturated rings. The predicted octanol–water partition coefficient (Wildman–Crippen LogP) is 4.95. The summed E-state index contributed by atoms with van der Waals surface area (Å²) in [7, 11) is -3.82. The van der Waals surface area contributed by atoms with E-state index >= 15 is 0 Å². The summed E-state index contributed by atoms with van der Waals surface area (Å²) in [5.74, 6) is 0. The topological polar surface area (TPSA) is 89.7 Å². The lowest BCUT2D eigenvalue weighted by molar-refractivity contribution is -0.729. The van der Waals surface area contributed by atoms with Crippen LogP contribution in [0.15, 0.2) is 35.2 Å². The number of fused-ring (bicyclic) bond motifs is 1. The quantitative estimate of drug-likeness (QED) is 0.370. The highest BCUT2D eigenvalue weighted by molar-refractivity contribution is 7.89. The fraction of sp³-hybridized carbons (Fsp3) is 0.400. The molecule has 3 rings (SSSR count). The Hall–Kier alpha value is -1.42. The van der Waals surface area contributed by atoms with Gasteiger partial charge in [0.05, 0.1) is 15.0 Å². The van der Waals surface area contributed by atoms with Crippen LogP contribution in [0, 0.1) is 4.91 Å². The Labute approximate surface area is 196 Å². The van der Waals surface area contributed by atoms with Gasteiger partial charge in [-0.1, -0.05) is 47.3 Å². The van der Waals surface area contributed by atoms with E-state index in [1.165, 1.54) is 17.7 Å². The Morgan fingerprint density at radius 3 is 2.42 bits per heavy atom. The second-order valence-corrected chi connectivity index (χ2v) is 10.4. The summed E-state index contributed by atoms with van der Waals surface area (Å²) < 4.78 is 27.5. The van der Waals surface area contributed by atoms with Gasteiger partial charge in [-0.15, -0.1) is 0 Å². The van der Waals surface area contributed by atoms with E-state index in [9.17, 15) is 13.3 Å². The molecule has 0 atom stereocenters. The molecule has 2 aromatic rings. The number of halogens is 3. The average molecular weight is 508 g/mol. The Bertz CT molecular complexity index is 1060. The van der Waals surface area contributed by atoms with Crippen molar-refractivity contribution in [1.29, 1.82) is 0 Å². The van der Waals surface area contributed by atoms with Gasteiger partial charge in [-0.2, -0.15) is 0 Å². The fourth-order valence-electron chi connectivity index (χ4n) is 3.61. The van der Waals surface area contributed by atoms with Gasteiger partial charge in [0, 0.05) is 36.8 Å². The van der Waals surface area contributed by atoms with Gasteiger partial charge < -0.3 is 0 Å². The molecular formula is C20H23Cl3N3O4S+. The van der Waals surface area contributed by atoms with Gasteiger partial charge in [0.1, 0.15) is 4.90 Å². The summed E-state index contributed by atoms with van der Waals surface area (Å²) in [6.07, 6.45) is 3.32. The molecule has 2 aromatic carbocycles. The average Bonchev–Trinajstić information content (AvgIpc) is 2.68. The molecule has 7 nitrogen and oxygen atoms in total. The summed E-state index contributed by atoms with van der Waals surface area (Å²) in [5, 5.41) is 9.32. The van der Waals surface area contributed by atoms with Gasteiger partial charge in [0.15, 0.2) is 0 Å². The van der Waals surface area contributed by atoms with E-state index in [0.717, 1.165) is 44.5 Å². The number of nitrogens with one attached hydrogen (secondary N) is 1. The monoisotopic (exact) mass is 506 g/mol. The van der Waals surface area contributed by atoms with Crippen LogP contribution in [0.1, 0.15) is 30.4 Å². The fourth-order valence-corrected chi connectivity index (χ4v) is 6.23. The first-order chi connectivity index (χ1) is 14.7. The SMILES string of the molecule is O=[N+](O)c1ccc2c(c1)CN(CCCCCNS(=O)(=O)c1c(Cl)cc(Cl)cc1Cl)CC2. The Balaban J connectivity index is 1.43. The molecule has 0 aromatic heterocycles. The maximum atomic E-state index is 12.5. The van der Waals surface area contributed by atoms with E-state index in [0.29, 0.717) is 6.42 Å². The van der Waals surface area contributed by atoms with Crippen LogP contribution in [-0.2, 0) is 23.0 Å². The molecule has 168 valence electrons. The second kappa shape index (κ2) is 10.5. The molecule has 2 N–H and O–H groups in total. The predicted molar refractivity (Wildman–Crippen MR) is 121 cm³/mol. The standard InChI is InChI=1S/C20H23Cl3N3O4S/c21-16-11-18(22)20(19(23)12-16)31(29,30)24-7-2-1-3-8-25-9-6-14-4-5-17(26(27)28)10-15(14)13-25/h4-5,10-12,24H,1-3,6-9,13H2,(H,27,28)/q+1. The molecule has 31 heavy (non-hydrogen) atoms. The number of nitrogens with zero attached hydrogens (tertiary/aromatic N) is 2. The van der Waals surface area contributed by atoms with Crippen molar-refractivity contribution in [3.8, 4) is 0 Å². The third-order valence-electron chi connectivity index (χ3n) is 5.18. The second-order valence-electron chi connectivity index (χ2n) is 7.41. The molecule has 0 saturated carbocycles. The van der Waals surface area contributed by atoms with Crippen molar-refractivity contribution in [2.75, 3.05) is 19.6 Å². The van der Waals surface area contributed by atoms with E-state index in [-0.39, 0.29) is 37.1 Å². The first-order valence-electron chi connectivity index (χ1n) is 9.82. The summed E-state index contributed by atoms with van der Waals surface area (Å²) >= 11 is 17.8. The molecule has 1 aliphatic heterocycles. The lowest BCUT2D eigenvalue weighted by Crippen LogP contribution is -2.31. The molecule has 0 bridgehead atoms. The van der Waals surface area contributed by atoms with Gasteiger partial charge in [-0.3, -0.25) is 4.90 Å². The number of hydrogen-bond donors (Lipinski definition) is 2. The highest BCUT2D eigenvalue weighted by Crippen LogP contribution is 2.32. The molecule has 1 heterocycles. The molecule has 0 spiro atoms. The van der Waals surface area contributed by atoms with Crippen LogP contribution < -0.4 is 4.72 Å². The van der Waals surface area contributed by atoms with Gasteiger partial charge in [-0.25, -0.2) is 18.3 Å². The number of benzene rings is 2. The van der Waals surface area contributed by atoms with E-state index in [4.69, 9.17) is 40.0 Å². The van der Waals surface area contributed by atoms with Crippen LogP contribution in [0.3, 0.4) is 0 Å². The molecule has 0 radical (unpaired) electrons. The maximum Gasteiger partial charge on any atom is 0.316 e. The molecule has 11 heteroatoms. The summed E-state index contributed by atoms with van der Waals surface area (Å²) in [6.45, 7) is 2.79. The van der Waals surface area contributed by atoms with E-state index in [2.05, 4.69) is 9.62 Å². The van der Waals surface area contributed by atoms with Crippen LogP contribution in [0.2, 0.25) is 15.1 Å². The number of rotatable bonds is 9. The van der Waals surface area contributed by atoms with Crippen molar-refractivity contribution in [3.63, 3.8) is 0 Å². The van der Waals surface area contributed by atoms with Gasteiger partial charge in [-0.05, 0) is 49.1 Å². The third-order valence-corrected chi connectivity index (χ3v) is 7.78. The van der Waals surface area contributed by atoms with Crippen LogP contribution in [-0.4, -0.2) is 43.1 Å². The van der Waals surface area contributed by atoms with Crippen molar-refractivity contribution < 1.29 is 18.5 Å². The van der Waals surface area contributed by atoms with Crippen LogP contribution >= 0.6 is 34.8 Å². The van der Waals surface area contributed by atoms with Gasteiger partial charge in [0.2, 0.25) is 10.0 Å². The van der Waals surface area contributed by atoms with E-state index in [1.807, 2.05) is 6.07 Å². The Morgan fingerprint density at radius 1 is 1.03 bits per heavy atom. The molecule has 0 amide bonds. The minimum Gasteiger partial charge on any atom is -0.299 e. The van der Waals surface area contributed by atoms with Crippen molar-refractivity contribution in [3.05, 3.63) is 61.4 Å². The van der Waals surface area contributed by atoms with Crippen LogP contribution in [0.25, 0.3) is 0 Å². The first-order valence-corrected chi connectivity index (χ1v) is 12.4. The highest BCUT2D eigenvalue weighted by Gasteiger charge is 2.22. The summed E-state index contributed by atoms with van der Waals surface area (Å²) in [5.41, 5.74) is 2.47. The minimum atomic E-state index is -3.82. The first kappa shape index (κ1) is 24.2. The van der Waals surface area contributed by atoms with E-state index < -0.39 is 10.0 Å². The highest BCUT2D eigenvalue weighted by atomic mass is 35.5. The van der Waals surface area contributed by atoms with E-state index in [1.54, 1.807) is 12.1 Å². The molecule has 0 saturated heterocycles. The zero-order chi connectivity index (χ0) is 22.6. The summed E-state index contributed by atoms with van der Waals surface area (Å²) in [4.78, 5) is 13.1. The number of unbranched alkanes of at least 4 members (excludes halogenated alkanes) is 2.